The van der Waals surface area contributed by atoms with Gasteiger partial charge in [-0.2, -0.15) is 12.7 Å². The maximum Gasteiger partial charge on any atom is 0.304 e. The molecule has 6 nitrogen and oxygen atoms in total. The molecule has 0 saturated heterocycles. The molecule has 0 aromatic heterocycles. The van der Waals surface area contributed by atoms with E-state index in [4.69, 9.17) is 0 Å². The molecular weight excluding hydrogens is 376 g/mol. The fourth-order valence-corrected chi connectivity index (χ4v) is 3.47. The number of anilines is 1. The van der Waals surface area contributed by atoms with Gasteiger partial charge in [0.05, 0.1) is 11.7 Å². The van der Waals surface area contributed by atoms with E-state index in [-0.39, 0.29) is 5.69 Å². The molecule has 1 amide bonds. The van der Waals surface area contributed by atoms with Crippen LogP contribution in [0.2, 0.25) is 0 Å². The van der Waals surface area contributed by atoms with Gasteiger partial charge in [0.15, 0.2) is 0 Å². The Morgan fingerprint density at radius 2 is 1.67 bits per heavy atom. The van der Waals surface area contributed by atoms with Crippen molar-refractivity contribution < 1.29 is 22.0 Å². The van der Waals surface area contributed by atoms with Gasteiger partial charge in [-0.1, -0.05) is 24.3 Å². The number of nitrogens with zero attached hydrogens (tertiary/aromatic N) is 2. The minimum absolute atomic E-state index is 0.226. The molecule has 2 rings (SSSR count). The Morgan fingerprint density at radius 3 is 2.22 bits per heavy atom. The number of benzene rings is 2. The smallest absolute Gasteiger partial charge is 0.304 e. The molecule has 1 unspecified atom stereocenters. The van der Waals surface area contributed by atoms with Crippen molar-refractivity contribution in [3.05, 3.63) is 65.7 Å². The largest absolute Gasteiger partial charge is 0.348 e. The lowest BCUT2D eigenvalue weighted by molar-refractivity contribution is -0.120. The molecule has 0 spiro atoms. The third-order valence-corrected chi connectivity index (χ3v) is 5.70. The van der Waals surface area contributed by atoms with E-state index in [1.165, 1.54) is 56.6 Å². The van der Waals surface area contributed by atoms with Gasteiger partial charge in [0.25, 0.3) is 0 Å². The van der Waals surface area contributed by atoms with Crippen LogP contribution in [0.3, 0.4) is 0 Å². The maximum atomic E-state index is 14.2. The normalized spacial score (nSPS) is 12.7. The van der Waals surface area contributed by atoms with Gasteiger partial charge in [-0.3, -0.25) is 4.79 Å². The number of hydrogen-bond acceptors (Lipinski definition) is 3. The van der Waals surface area contributed by atoms with Crippen LogP contribution in [0.4, 0.5) is 14.5 Å². The number of carbonyl (C=O) groups excluding carboxylic acids is 1. The molecule has 1 N–H and O–H groups in total. The van der Waals surface area contributed by atoms with Crippen LogP contribution < -0.4 is 9.62 Å². The van der Waals surface area contributed by atoms with Gasteiger partial charge in [0.2, 0.25) is 5.91 Å². The minimum atomic E-state index is -4.10. The number of carbonyl (C=O) groups is 1. The summed E-state index contributed by atoms with van der Waals surface area (Å²) in [4.78, 5) is 12.4. The van der Waals surface area contributed by atoms with Crippen molar-refractivity contribution in [3.8, 4) is 0 Å². The second-order valence-electron chi connectivity index (χ2n) is 6.09. The Kier molecular flexibility index (Phi) is 6.50. The Bertz CT molecular complexity index is 902. The van der Waals surface area contributed by atoms with Gasteiger partial charge in [-0.05, 0) is 36.8 Å². The topological polar surface area (TPSA) is 69.7 Å². The standard InChI is InChI=1S/C18H21F2N3O3S/c1-13(14-8-10-15(19)11-9-14)21-18(24)12-23(27(25,26)22(2)3)17-7-5-4-6-16(17)20/h4-11,13H,12H2,1-3H3,(H,21,24). The highest BCUT2D eigenvalue weighted by Gasteiger charge is 2.29. The molecule has 0 heterocycles. The summed E-state index contributed by atoms with van der Waals surface area (Å²) in [6.45, 7) is 1.08. The predicted octanol–water partition coefficient (Wildman–Crippen LogP) is 2.46. The van der Waals surface area contributed by atoms with Crippen molar-refractivity contribution in [2.75, 3.05) is 24.9 Å². The summed E-state index contributed by atoms with van der Waals surface area (Å²) in [5.41, 5.74) is 0.424. The molecule has 0 aliphatic heterocycles. The third kappa shape index (κ3) is 5.01. The van der Waals surface area contributed by atoms with Crippen LogP contribution in [-0.4, -0.2) is 39.3 Å². The van der Waals surface area contributed by atoms with Crippen LogP contribution in [0.25, 0.3) is 0 Å². The summed E-state index contributed by atoms with van der Waals surface area (Å²) in [6, 6.07) is 10.4. The number of hydrogen-bond donors (Lipinski definition) is 1. The van der Waals surface area contributed by atoms with E-state index in [9.17, 15) is 22.0 Å². The van der Waals surface area contributed by atoms with E-state index in [1.807, 2.05) is 0 Å². The molecule has 2 aromatic rings. The lowest BCUT2D eigenvalue weighted by Crippen LogP contribution is -2.46. The second-order valence-corrected chi connectivity index (χ2v) is 8.16. The van der Waals surface area contributed by atoms with Crippen LogP contribution in [0, 0.1) is 11.6 Å². The van der Waals surface area contributed by atoms with Crippen molar-refractivity contribution in [1.29, 1.82) is 0 Å². The molecule has 0 aliphatic carbocycles. The van der Waals surface area contributed by atoms with Gasteiger partial charge in [-0.15, -0.1) is 0 Å². The molecule has 27 heavy (non-hydrogen) atoms. The van der Waals surface area contributed by atoms with E-state index in [0.29, 0.717) is 9.87 Å². The van der Waals surface area contributed by atoms with E-state index in [1.54, 1.807) is 6.92 Å². The molecule has 0 saturated carbocycles. The average molecular weight is 397 g/mol. The van der Waals surface area contributed by atoms with Gasteiger partial charge in [0.1, 0.15) is 18.2 Å². The monoisotopic (exact) mass is 397 g/mol. The fraction of sp³-hybridized carbons (Fsp3) is 0.278. The zero-order valence-electron chi connectivity index (χ0n) is 15.2. The predicted molar refractivity (Wildman–Crippen MR) is 99.3 cm³/mol. The van der Waals surface area contributed by atoms with E-state index >= 15 is 0 Å². The number of nitrogens with one attached hydrogen (secondary N) is 1. The molecule has 0 fully saturated rings. The Hall–Kier alpha value is -2.52. The zero-order chi connectivity index (χ0) is 20.2. The summed E-state index contributed by atoms with van der Waals surface area (Å²) in [6.07, 6.45) is 0. The first-order valence-corrected chi connectivity index (χ1v) is 9.52. The van der Waals surface area contributed by atoms with Crippen molar-refractivity contribution in [2.45, 2.75) is 13.0 Å². The average Bonchev–Trinajstić information content (AvgIpc) is 2.60. The lowest BCUT2D eigenvalue weighted by Gasteiger charge is -2.27. The second kappa shape index (κ2) is 8.45. The van der Waals surface area contributed by atoms with Crippen molar-refractivity contribution in [3.63, 3.8) is 0 Å². The molecular formula is C18H21F2N3O3S. The third-order valence-electron chi connectivity index (χ3n) is 3.90. The minimum Gasteiger partial charge on any atom is -0.348 e. The SMILES string of the molecule is CC(NC(=O)CN(c1ccccc1F)S(=O)(=O)N(C)C)c1ccc(F)cc1. The highest BCUT2D eigenvalue weighted by atomic mass is 32.2. The van der Waals surface area contributed by atoms with Crippen LogP contribution in [0.1, 0.15) is 18.5 Å². The number of para-hydroxylation sites is 1. The summed E-state index contributed by atoms with van der Waals surface area (Å²) in [7, 11) is -1.51. The highest BCUT2D eigenvalue weighted by molar-refractivity contribution is 7.90. The summed E-state index contributed by atoms with van der Waals surface area (Å²) in [5, 5.41) is 2.64. The van der Waals surface area contributed by atoms with Gasteiger partial charge in [-0.25, -0.2) is 13.1 Å². The van der Waals surface area contributed by atoms with Crippen LogP contribution in [0.5, 0.6) is 0 Å². The summed E-state index contributed by atoms with van der Waals surface area (Å²) >= 11 is 0. The van der Waals surface area contributed by atoms with Gasteiger partial charge < -0.3 is 5.32 Å². The zero-order valence-corrected chi connectivity index (χ0v) is 16.0. The van der Waals surface area contributed by atoms with E-state index < -0.39 is 40.3 Å². The number of rotatable bonds is 7. The van der Waals surface area contributed by atoms with Crippen LogP contribution in [0.15, 0.2) is 48.5 Å². The first kappa shape index (κ1) is 20.8. The summed E-state index contributed by atoms with van der Waals surface area (Å²) in [5.74, 6) is -1.79. The van der Waals surface area contributed by atoms with E-state index in [0.717, 1.165) is 10.4 Å². The Balaban J connectivity index is 2.23. The fourth-order valence-electron chi connectivity index (χ4n) is 2.39. The lowest BCUT2D eigenvalue weighted by atomic mass is 10.1. The van der Waals surface area contributed by atoms with Crippen molar-refractivity contribution in [1.82, 2.24) is 9.62 Å². The Labute approximate surface area is 157 Å². The highest BCUT2D eigenvalue weighted by Crippen LogP contribution is 2.23. The van der Waals surface area contributed by atoms with Crippen molar-refractivity contribution >= 4 is 21.8 Å². The number of amides is 1. The molecule has 1 atom stereocenters. The summed E-state index contributed by atoms with van der Waals surface area (Å²) < 4.78 is 53.9. The Morgan fingerprint density at radius 1 is 1.07 bits per heavy atom. The maximum absolute atomic E-state index is 14.2. The molecule has 9 heteroatoms. The first-order chi connectivity index (χ1) is 12.6. The van der Waals surface area contributed by atoms with Crippen LogP contribution >= 0.6 is 0 Å². The molecule has 146 valence electrons. The molecule has 0 bridgehead atoms. The van der Waals surface area contributed by atoms with Crippen molar-refractivity contribution in [2.24, 2.45) is 0 Å². The quantitative estimate of drug-likeness (QED) is 0.780. The molecule has 0 aliphatic rings. The van der Waals surface area contributed by atoms with E-state index in [2.05, 4.69) is 5.32 Å². The first-order valence-electron chi connectivity index (χ1n) is 8.12. The van der Waals surface area contributed by atoms with Gasteiger partial charge in [0, 0.05) is 14.1 Å². The molecule has 2 aromatic carbocycles. The van der Waals surface area contributed by atoms with Gasteiger partial charge >= 0.3 is 10.2 Å². The van der Waals surface area contributed by atoms with Crippen LogP contribution in [-0.2, 0) is 15.0 Å². The molecule has 0 radical (unpaired) electrons. The number of halogens is 2.